The third kappa shape index (κ3) is 4.33. The molecule has 0 saturated heterocycles. The lowest BCUT2D eigenvalue weighted by atomic mass is 10.2. The number of primary amides is 1. The minimum absolute atomic E-state index is 0.206. The number of nitrogens with two attached hydrogens (primary N) is 1. The van der Waals surface area contributed by atoms with E-state index in [0.717, 1.165) is 19.4 Å². The summed E-state index contributed by atoms with van der Waals surface area (Å²) >= 11 is 1.79. The average molecular weight is 240 g/mol. The minimum Gasteiger partial charge on any atom is -0.370 e. The lowest BCUT2D eigenvalue weighted by molar-refractivity contribution is -0.118. The van der Waals surface area contributed by atoms with E-state index >= 15 is 0 Å². The van der Waals surface area contributed by atoms with Crippen LogP contribution in [0, 0.1) is 6.92 Å². The first-order valence-electron chi connectivity index (χ1n) is 5.67. The Balaban J connectivity index is 2.18. The van der Waals surface area contributed by atoms with Gasteiger partial charge in [-0.15, -0.1) is 11.3 Å². The fraction of sp³-hybridized carbons (Fsp3) is 0.583. The van der Waals surface area contributed by atoms with Crippen LogP contribution >= 0.6 is 11.3 Å². The van der Waals surface area contributed by atoms with E-state index in [9.17, 15) is 4.79 Å². The highest BCUT2D eigenvalue weighted by Gasteiger charge is 2.08. The van der Waals surface area contributed by atoms with Crippen molar-refractivity contribution in [2.45, 2.75) is 39.2 Å². The van der Waals surface area contributed by atoms with E-state index in [2.05, 4.69) is 30.6 Å². The molecule has 3 nitrogen and oxygen atoms in total. The quantitative estimate of drug-likeness (QED) is 0.719. The molecule has 0 aromatic carbocycles. The predicted octanol–water partition coefficient (Wildman–Crippen LogP) is 2.36. The number of hydrogen-bond donors (Lipinski definition) is 2. The van der Waals surface area contributed by atoms with E-state index in [0.29, 0.717) is 12.5 Å². The van der Waals surface area contributed by atoms with Crippen molar-refractivity contribution in [1.29, 1.82) is 0 Å². The lowest BCUT2D eigenvalue weighted by Gasteiger charge is -2.13. The third-order valence-corrected chi connectivity index (χ3v) is 3.80. The van der Waals surface area contributed by atoms with Crippen LogP contribution in [0.25, 0.3) is 0 Å². The molecule has 1 atom stereocenters. The van der Waals surface area contributed by atoms with Gasteiger partial charge in [-0.1, -0.05) is 0 Å². The highest BCUT2D eigenvalue weighted by molar-refractivity contribution is 7.10. The summed E-state index contributed by atoms with van der Waals surface area (Å²) in [4.78, 5) is 11.9. The summed E-state index contributed by atoms with van der Waals surface area (Å²) in [5.41, 5.74) is 6.42. The summed E-state index contributed by atoms with van der Waals surface area (Å²) in [5, 5.41) is 5.58. The normalized spacial score (nSPS) is 12.6. The van der Waals surface area contributed by atoms with Gasteiger partial charge in [-0.3, -0.25) is 4.79 Å². The van der Waals surface area contributed by atoms with Crippen molar-refractivity contribution >= 4 is 17.2 Å². The van der Waals surface area contributed by atoms with E-state index in [1.54, 1.807) is 11.3 Å². The van der Waals surface area contributed by atoms with Gasteiger partial charge in [0, 0.05) is 17.3 Å². The Labute approximate surface area is 101 Å². The van der Waals surface area contributed by atoms with Crippen LogP contribution < -0.4 is 11.1 Å². The second-order valence-corrected chi connectivity index (χ2v) is 5.01. The molecular weight excluding hydrogens is 220 g/mol. The Morgan fingerprint density at radius 1 is 1.56 bits per heavy atom. The molecule has 1 aromatic heterocycles. The smallest absolute Gasteiger partial charge is 0.217 e. The van der Waals surface area contributed by atoms with Crippen LogP contribution in [0.3, 0.4) is 0 Å². The molecule has 0 saturated carbocycles. The zero-order chi connectivity index (χ0) is 12.0. The van der Waals surface area contributed by atoms with Crippen LogP contribution in [0.15, 0.2) is 11.4 Å². The van der Waals surface area contributed by atoms with Gasteiger partial charge in [0.15, 0.2) is 0 Å². The number of carbonyl (C=O) groups excluding carboxylic acids is 1. The van der Waals surface area contributed by atoms with Crippen LogP contribution in [0.1, 0.15) is 42.7 Å². The number of carbonyl (C=O) groups is 1. The van der Waals surface area contributed by atoms with Crippen molar-refractivity contribution in [2.24, 2.45) is 5.73 Å². The van der Waals surface area contributed by atoms with Gasteiger partial charge in [-0.25, -0.2) is 0 Å². The highest BCUT2D eigenvalue weighted by Crippen LogP contribution is 2.23. The third-order valence-electron chi connectivity index (χ3n) is 2.60. The first kappa shape index (κ1) is 13.2. The average Bonchev–Trinajstić information content (AvgIpc) is 2.63. The molecule has 0 radical (unpaired) electrons. The molecule has 0 aliphatic heterocycles. The summed E-state index contributed by atoms with van der Waals surface area (Å²) < 4.78 is 0. The van der Waals surface area contributed by atoms with Crippen molar-refractivity contribution in [2.75, 3.05) is 6.54 Å². The summed E-state index contributed by atoms with van der Waals surface area (Å²) in [6.07, 6.45) is 2.37. The van der Waals surface area contributed by atoms with Crippen molar-refractivity contribution < 1.29 is 4.79 Å². The molecule has 0 aliphatic carbocycles. The first-order valence-corrected chi connectivity index (χ1v) is 6.55. The molecular formula is C12H20N2OS. The van der Waals surface area contributed by atoms with Gasteiger partial charge in [0.2, 0.25) is 5.91 Å². The van der Waals surface area contributed by atoms with Crippen molar-refractivity contribution in [3.8, 4) is 0 Å². The van der Waals surface area contributed by atoms with Gasteiger partial charge >= 0.3 is 0 Å². The Morgan fingerprint density at radius 2 is 2.31 bits per heavy atom. The Bertz CT molecular complexity index is 336. The predicted molar refractivity (Wildman–Crippen MR) is 68.5 cm³/mol. The number of hydrogen-bond acceptors (Lipinski definition) is 3. The fourth-order valence-corrected chi connectivity index (χ4v) is 2.62. The number of unbranched alkanes of at least 4 members (excludes halogenated alkanes) is 1. The maximum Gasteiger partial charge on any atom is 0.217 e. The van der Waals surface area contributed by atoms with Crippen LogP contribution in [0.2, 0.25) is 0 Å². The van der Waals surface area contributed by atoms with Crippen LogP contribution in [-0.4, -0.2) is 12.5 Å². The molecule has 0 spiro atoms. The van der Waals surface area contributed by atoms with E-state index in [-0.39, 0.29) is 5.91 Å². The zero-order valence-electron chi connectivity index (χ0n) is 9.95. The Kier molecular flexibility index (Phi) is 5.49. The summed E-state index contributed by atoms with van der Waals surface area (Å²) in [6.45, 7) is 5.25. The fourth-order valence-electron chi connectivity index (χ4n) is 1.66. The number of aryl methyl sites for hydroxylation is 1. The summed E-state index contributed by atoms with van der Waals surface area (Å²) in [5.74, 6) is -0.206. The Hall–Kier alpha value is -0.870. The standard InChI is InChI=1S/C12H20N2OS/c1-9-6-8-16-12(9)10(2)14-7-4-3-5-11(13)15/h6,8,10,14H,3-5,7H2,1-2H3,(H2,13,15). The number of thiophene rings is 1. The second kappa shape index (κ2) is 6.66. The van der Waals surface area contributed by atoms with Gasteiger partial charge in [0.1, 0.15) is 0 Å². The summed E-state index contributed by atoms with van der Waals surface area (Å²) in [6, 6.07) is 2.54. The molecule has 90 valence electrons. The molecule has 1 unspecified atom stereocenters. The van der Waals surface area contributed by atoms with Gasteiger partial charge < -0.3 is 11.1 Å². The van der Waals surface area contributed by atoms with Crippen LogP contribution in [-0.2, 0) is 4.79 Å². The van der Waals surface area contributed by atoms with E-state index in [4.69, 9.17) is 5.73 Å². The molecule has 16 heavy (non-hydrogen) atoms. The number of rotatable bonds is 7. The molecule has 4 heteroatoms. The largest absolute Gasteiger partial charge is 0.370 e. The maximum atomic E-state index is 10.5. The van der Waals surface area contributed by atoms with Gasteiger partial charge in [-0.2, -0.15) is 0 Å². The molecule has 1 amide bonds. The Morgan fingerprint density at radius 3 is 2.88 bits per heavy atom. The van der Waals surface area contributed by atoms with E-state index in [1.165, 1.54) is 10.4 Å². The van der Waals surface area contributed by atoms with Crippen molar-refractivity contribution in [3.05, 3.63) is 21.9 Å². The highest BCUT2D eigenvalue weighted by atomic mass is 32.1. The molecule has 3 N–H and O–H groups in total. The van der Waals surface area contributed by atoms with E-state index < -0.39 is 0 Å². The molecule has 1 heterocycles. The number of amides is 1. The molecule has 0 fully saturated rings. The molecule has 1 aromatic rings. The molecule has 1 rings (SSSR count). The summed E-state index contributed by atoms with van der Waals surface area (Å²) in [7, 11) is 0. The maximum absolute atomic E-state index is 10.5. The van der Waals surface area contributed by atoms with Gasteiger partial charge in [-0.05, 0) is 50.2 Å². The van der Waals surface area contributed by atoms with Crippen LogP contribution in [0.4, 0.5) is 0 Å². The van der Waals surface area contributed by atoms with Crippen molar-refractivity contribution in [1.82, 2.24) is 5.32 Å². The zero-order valence-corrected chi connectivity index (χ0v) is 10.8. The SMILES string of the molecule is Cc1ccsc1C(C)NCCCCC(N)=O. The number of nitrogens with one attached hydrogen (secondary N) is 1. The second-order valence-electron chi connectivity index (χ2n) is 4.07. The molecule has 0 bridgehead atoms. The van der Waals surface area contributed by atoms with E-state index in [1.807, 2.05) is 0 Å². The van der Waals surface area contributed by atoms with Gasteiger partial charge in [0.25, 0.3) is 0 Å². The lowest BCUT2D eigenvalue weighted by Crippen LogP contribution is -2.20. The topological polar surface area (TPSA) is 55.1 Å². The van der Waals surface area contributed by atoms with Gasteiger partial charge in [0.05, 0.1) is 0 Å². The first-order chi connectivity index (χ1) is 7.61. The molecule has 0 aliphatic rings. The van der Waals surface area contributed by atoms with Crippen LogP contribution in [0.5, 0.6) is 0 Å². The monoisotopic (exact) mass is 240 g/mol. The minimum atomic E-state index is -0.206. The van der Waals surface area contributed by atoms with Crippen molar-refractivity contribution in [3.63, 3.8) is 0 Å².